The minimum absolute atomic E-state index is 0.0281. The summed E-state index contributed by atoms with van der Waals surface area (Å²) in [6.07, 6.45) is 1.86. The highest BCUT2D eigenvalue weighted by molar-refractivity contribution is 5.56. The normalized spacial score (nSPS) is 10.2. The second-order valence-electron chi connectivity index (χ2n) is 3.69. The highest BCUT2D eigenvalue weighted by atomic mass is 16.6. The van der Waals surface area contributed by atoms with Crippen molar-refractivity contribution in [3.05, 3.63) is 40.5 Å². The van der Waals surface area contributed by atoms with Crippen molar-refractivity contribution in [2.45, 2.75) is 6.42 Å². The molecule has 0 saturated heterocycles. The van der Waals surface area contributed by atoms with E-state index in [1.165, 1.54) is 25.6 Å². The first-order valence-electron chi connectivity index (χ1n) is 5.52. The summed E-state index contributed by atoms with van der Waals surface area (Å²) in [5.74, 6) is 0.930. The molecule has 0 aliphatic rings. The molecule has 0 spiro atoms. The van der Waals surface area contributed by atoms with E-state index in [2.05, 4.69) is 15.5 Å². The zero-order chi connectivity index (χ0) is 13.7. The van der Waals surface area contributed by atoms with E-state index in [4.69, 9.17) is 9.26 Å². The van der Waals surface area contributed by atoms with Crippen LogP contribution in [0.5, 0.6) is 5.75 Å². The molecule has 0 atom stereocenters. The third-order valence-electron chi connectivity index (χ3n) is 2.41. The number of anilines is 1. The van der Waals surface area contributed by atoms with Gasteiger partial charge in [-0.2, -0.15) is 4.98 Å². The summed E-state index contributed by atoms with van der Waals surface area (Å²) < 4.78 is 9.86. The monoisotopic (exact) mass is 264 g/mol. The van der Waals surface area contributed by atoms with Gasteiger partial charge in [-0.25, -0.2) is 0 Å². The van der Waals surface area contributed by atoms with Crippen LogP contribution in [0.25, 0.3) is 0 Å². The number of nitrogens with zero attached hydrogens (tertiary/aromatic N) is 3. The first-order chi connectivity index (χ1) is 9.19. The van der Waals surface area contributed by atoms with Gasteiger partial charge in [0.05, 0.1) is 18.1 Å². The molecule has 0 unspecified atom stereocenters. The number of benzene rings is 1. The molecule has 1 aromatic heterocycles. The first kappa shape index (κ1) is 12.8. The Morgan fingerprint density at radius 2 is 2.32 bits per heavy atom. The van der Waals surface area contributed by atoms with E-state index in [-0.39, 0.29) is 5.69 Å². The van der Waals surface area contributed by atoms with Crippen LogP contribution < -0.4 is 10.1 Å². The van der Waals surface area contributed by atoms with Crippen LogP contribution in [-0.2, 0) is 6.42 Å². The number of hydrogen-bond acceptors (Lipinski definition) is 7. The molecule has 0 saturated carbocycles. The maximum absolute atomic E-state index is 10.8. The molecule has 100 valence electrons. The Morgan fingerprint density at radius 3 is 2.95 bits per heavy atom. The maximum Gasteiger partial charge on any atom is 0.275 e. The van der Waals surface area contributed by atoms with Gasteiger partial charge in [-0.3, -0.25) is 10.1 Å². The van der Waals surface area contributed by atoms with Crippen molar-refractivity contribution in [2.24, 2.45) is 0 Å². The summed E-state index contributed by atoms with van der Waals surface area (Å²) in [4.78, 5) is 14.2. The topological polar surface area (TPSA) is 103 Å². The lowest BCUT2D eigenvalue weighted by atomic mass is 10.2. The number of ether oxygens (including phenoxy) is 1. The molecule has 19 heavy (non-hydrogen) atoms. The molecule has 8 nitrogen and oxygen atoms in total. The number of hydrogen-bond donors (Lipinski definition) is 1. The summed E-state index contributed by atoms with van der Waals surface area (Å²) in [6, 6.07) is 4.49. The Labute approximate surface area is 108 Å². The molecule has 1 aromatic carbocycles. The van der Waals surface area contributed by atoms with Crippen LogP contribution in [0.15, 0.2) is 29.0 Å². The minimum Gasteiger partial charge on any atom is -0.496 e. The van der Waals surface area contributed by atoms with Crippen LogP contribution in [-0.4, -0.2) is 28.7 Å². The standard InChI is InChI=1S/C11H12N4O4/c1-18-10-5-8(4-9(6-10)15(16)17)12-3-2-11-13-7-14-19-11/h4-7,12H,2-3H2,1H3. The van der Waals surface area contributed by atoms with Crippen molar-refractivity contribution < 1.29 is 14.2 Å². The smallest absolute Gasteiger partial charge is 0.275 e. The van der Waals surface area contributed by atoms with E-state index in [0.29, 0.717) is 30.3 Å². The van der Waals surface area contributed by atoms with Crippen molar-refractivity contribution in [3.8, 4) is 5.75 Å². The third-order valence-corrected chi connectivity index (χ3v) is 2.41. The number of rotatable bonds is 6. The molecule has 1 heterocycles. The molecule has 0 bridgehead atoms. The zero-order valence-electron chi connectivity index (χ0n) is 10.2. The van der Waals surface area contributed by atoms with Crippen molar-refractivity contribution in [2.75, 3.05) is 19.0 Å². The fourth-order valence-corrected chi connectivity index (χ4v) is 1.53. The summed E-state index contributed by atoms with van der Waals surface area (Å²) in [6.45, 7) is 0.520. The highest BCUT2D eigenvalue weighted by Crippen LogP contribution is 2.25. The lowest BCUT2D eigenvalue weighted by Crippen LogP contribution is -2.05. The summed E-state index contributed by atoms with van der Waals surface area (Å²) >= 11 is 0. The highest BCUT2D eigenvalue weighted by Gasteiger charge is 2.10. The number of aromatic nitrogens is 2. The molecule has 2 aromatic rings. The Balaban J connectivity index is 2.02. The molecule has 1 N–H and O–H groups in total. The SMILES string of the molecule is COc1cc(NCCc2ncno2)cc([N+](=O)[O-])c1. The summed E-state index contributed by atoms with van der Waals surface area (Å²) in [7, 11) is 1.46. The average Bonchev–Trinajstić information content (AvgIpc) is 2.91. The Morgan fingerprint density at radius 1 is 1.47 bits per heavy atom. The van der Waals surface area contributed by atoms with Gasteiger partial charge in [-0.1, -0.05) is 5.16 Å². The summed E-state index contributed by atoms with van der Waals surface area (Å²) in [5.41, 5.74) is 0.574. The Kier molecular flexibility index (Phi) is 3.91. The minimum atomic E-state index is -0.467. The van der Waals surface area contributed by atoms with Crippen molar-refractivity contribution in [1.82, 2.24) is 10.1 Å². The van der Waals surface area contributed by atoms with Crippen LogP contribution in [0.2, 0.25) is 0 Å². The van der Waals surface area contributed by atoms with E-state index < -0.39 is 4.92 Å². The van der Waals surface area contributed by atoms with Gasteiger partial charge in [0.15, 0.2) is 6.33 Å². The molecule has 2 rings (SSSR count). The van der Waals surface area contributed by atoms with E-state index in [1.54, 1.807) is 6.07 Å². The molecule has 0 amide bonds. The second kappa shape index (κ2) is 5.80. The molecule has 0 aliphatic heterocycles. The molecular weight excluding hydrogens is 252 g/mol. The van der Waals surface area contributed by atoms with Gasteiger partial charge < -0.3 is 14.6 Å². The lowest BCUT2D eigenvalue weighted by molar-refractivity contribution is -0.384. The summed E-state index contributed by atoms with van der Waals surface area (Å²) in [5, 5.41) is 17.3. The van der Waals surface area contributed by atoms with E-state index >= 15 is 0 Å². The molecule has 0 fully saturated rings. The van der Waals surface area contributed by atoms with Crippen LogP contribution in [0.4, 0.5) is 11.4 Å². The van der Waals surface area contributed by atoms with Gasteiger partial charge in [0.1, 0.15) is 5.75 Å². The maximum atomic E-state index is 10.8. The Bertz CT molecular complexity index is 556. The number of nitrogens with one attached hydrogen (secondary N) is 1. The van der Waals surface area contributed by atoms with Crippen molar-refractivity contribution in [1.29, 1.82) is 0 Å². The van der Waals surface area contributed by atoms with Crippen LogP contribution in [0.3, 0.4) is 0 Å². The van der Waals surface area contributed by atoms with Crippen molar-refractivity contribution in [3.63, 3.8) is 0 Å². The van der Waals surface area contributed by atoms with Gasteiger partial charge >= 0.3 is 0 Å². The molecule has 0 radical (unpaired) electrons. The average molecular weight is 264 g/mol. The number of non-ortho nitro benzene ring substituents is 1. The number of methoxy groups -OCH3 is 1. The largest absolute Gasteiger partial charge is 0.496 e. The van der Waals surface area contributed by atoms with Gasteiger partial charge in [0, 0.05) is 30.8 Å². The van der Waals surface area contributed by atoms with Gasteiger partial charge in [0.25, 0.3) is 5.69 Å². The zero-order valence-corrected chi connectivity index (χ0v) is 10.2. The van der Waals surface area contributed by atoms with E-state index in [1.807, 2.05) is 0 Å². The van der Waals surface area contributed by atoms with Crippen molar-refractivity contribution >= 4 is 11.4 Å². The Hall–Kier alpha value is -2.64. The lowest BCUT2D eigenvalue weighted by Gasteiger charge is -2.07. The fourth-order valence-electron chi connectivity index (χ4n) is 1.53. The number of nitro benzene ring substituents is 1. The second-order valence-corrected chi connectivity index (χ2v) is 3.69. The molecule has 0 aliphatic carbocycles. The van der Waals surface area contributed by atoms with Gasteiger partial charge in [-0.15, -0.1) is 0 Å². The van der Waals surface area contributed by atoms with E-state index in [0.717, 1.165) is 0 Å². The van der Waals surface area contributed by atoms with Crippen LogP contribution in [0, 0.1) is 10.1 Å². The van der Waals surface area contributed by atoms with Crippen LogP contribution >= 0.6 is 0 Å². The van der Waals surface area contributed by atoms with E-state index in [9.17, 15) is 10.1 Å². The van der Waals surface area contributed by atoms with Crippen LogP contribution in [0.1, 0.15) is 5.89 Å². The first-order valence-corrected chi connectivity index (χ1v) is 5.52. The predicted molar refractivity (Wildman–Crippen MR) is 66.1 cm³/mol. The van der Waals surface area contributed by atoms with Gasteiger partial charge in [0.2, 0.25) is 5.89 Å². The predicted octanol–water partition coefficient (Wildman–Crippen LogP) is 1.64. The number of nitro groups is 1. The molecule has 8 heteroatoms. The quantitative estimate of drug-likeness (QED) is 0.624. The van der Waals surface area contributed by atoms with Gasteiger partial charge in [-0.05, 0) is 0 Å². The molecular formula is C11H12N4O4. The fraction of sp³-hybridized carbons (Fsp3) is 0.273. The third kappa shape index (κ3) is 3.41.